The molecule has 0 saturated carbocycles. The lowest BCUT2D eigenvalue weighted by molar-refractivity contribution is -0.115. The summed E-state index contributed by atoms with van der Waals surface area (Å²) in [6.45, 7) is 0. The van der Waals surface area contributed by atoms with Crippen LogP contribution in [0.2, 0.25) is 15.1 Å². The van der Waals surface area contributed by atoms with Gasteiger partial charge in [0.05, 0.1) is 0 Å². The molecule has 3 nitrogen and oxygen atoms in total. The highest BCUT2D eigenvalue weighted by Crippen LogP contribution is 2.24. The van der Waals surface area contributed by atoms with Crippen LogP contribution in [0, 0.1) is 0 Å². The standard InChI is InChI=1S/C17H11Cl3N2O/c18-12-4-1-10(2-5-12)7-16-21-15(17(23)22-16)8-11-3-6-13(19)9-14(11)20/h1-6,8-9H,7H2,(H,21,22,23)/b15-8-. The molecule has 0 aromatic heterocycles. The van der Waals surface area contributed by atoms with E-state index in [-0.39, 0.29) is 5.91 Å². The average molecular weight is 366 g/mol. The Morgan fingerprint density at radius 3 is 2.39 bits per heavy atom. The molecule has 0 saturated heterocycles. The summed E-state index contributed by atoms with van der Waals surface area (Å²) in [6.07, 6.45) is 2.16. The zero-order valence-electron chi connectivity index (χ0n) is 11.8. The lowest BCUT2D eigenvalue weighted by Crippen LogP contribution is -2.25. The number of aliphatic imine (C=N–C) groups is 1. The number of hydrogen-bond acceptors (Lipinski definition) is 2. The maximum atomic E-state index is 12.0. The fraction of sp³-hybridized carbons (Fsp3) is 0.0588. The topological polar surface area (TPSA) is 41.5 Å². The summed E-state index contributed by atoms with van der Waals surface area (Å²) in [5.41, 5.74) is 2.02. The van der Waals surface area contributed by atoms with Gasteiger partial charge in [0, 0.05) is 21.5 Å². The van der Waals surface area contributed by atoms with Gasteiger partial charge in [-0.25, -0.2) is 4.99 Å². The third-order valence-electron chi connectivity index (χ3n) is 3.29. The Hall–Kier alpha value is -1.81. The molecule has 6 heteroatoms. The zero-order valence-corrected chi connectivity index (χ0v) is 14.1. The van der Waals surface area contributed by atoms with Crippen molar-refractivity contribution in [3.8, 4) is 0 Å². The maximum absolute atomic E-state index is 12.0. The van der Waals surface area contributed by atoms with Crippen LogP contribution < -0.4 is 5.32 Å². The minimum atomic E-state index is -0.250. The number of halogens is 3. The van der Waals surface area contributed by atoms with Gasteiger partial charge in [-0.1, -0.05) is 53.0 Å². The molecule has 1 aliphatic heterocycles. The predicted molar refractivity (Wildman–Crippen MR) is 95.2 cm³/mol. The molecule has 0 bridgehead atoms. The fourth-order valence-corrected chi connectivity index (χ4v) is 2.75. The zero-order chi connectivity index (χ0) is 16.4. The van der Waals surface area contributed by atoms with Crippen LogP contribution >= 0.6 is 34.8 Å². The molecule has 1 N–H and O–H groups in total. The van der Waals surface area contributed by atoms with E-state index in [1.807, 2.05) is 12.1 Å². The molecular weight excluding hydrogens is 355 g/mol. The maximum Gasteiger partial charge on any atom is 0.275 e. The number of amides is 1. The summed E-state index contributed by atoms with van der Waals surface area (Å²) in [6, 6.07) is 12.5. The molecule has 0 spiro atoms. The first-order valence-corrected chi connectivity index (χ1v) is 7.95. The van der Waals surface area contributed by atoms with Gasteiger partial charge < -0.3 is 5.32 Å². The molecule has 1 heterocycles. The monoisotopic (exact) mass is 364 g/mol. The van der Waals surface area contributed by atoms with E-state index in [4.69, 9.17) is 34.8 Å². The Labute approximate surface area is 148 Å². The smallest absolute Gasteiger partial charge is 0.275 e. The fourth-order valence-electron chi connectivity index (χ4n) is 2.16. The number of carbonyl (C=O) groups excluding carboxylic acids is 1. The van der Waals surface area contributed by atoms with Crippen LogP contribution in [-0.4, -0.2) is 11.7 Å². The number of amidine groups is 1. The van der Waals surface area contributed by atoms with Crippen LogP contribution in [0.5, 0.6) is 0 Å². The molecule has 0 aliphatic carbocycles. The lowest BCUT2D eigenvalue weighted by Gasteiger charge is -2.00. The number of hydrogen-bond donors (Lipinski definition) is 1. The van der Waals surface area contributed by atoms with Gasteiger partial charge in [-0.3, -0.25) is 4.79 Å². The van der Waals surface area contributed by atoms with Gasteiger partial charge in [0.25, 0.3) is 5.91 Å². The minimum Gasteiger partial charge on any atom is -0.308 e. The molecular formula is C17H11Cl3N2O. The van der Waals surface area contributed by atoms with Crippen LogP contribution in [0.15, 0.2) is 53.2 Å². The Morgan fingerprint density at radius 1 is 1.00 bits per heavy atom. The Kier molecular flexibility index (Phi) is 4.71. The van der Waals surface area contributed by atoms with Crippen molar-refractivity contribution in [2.75, 3.05) is 0 Å². The highest BCUT2D eigenvalue weighted by atomic mass is 35.5. The highest BCUT2D eigenvalue weighted by Gasteiger charge is 2.20. The third-order valence-corrected chi connectivity index (χ3v) is 4.10. The summed E-state index contributed by atoms with van der Waals surface area (Å²) in [5.74, 6) is 0.341. The molecule has 1 aliphatic rings. The van der Waals surface area contributed by atoms with Gasteiger partial charge >= 0.3 is 0 Å². The van der Waals surface area contributed by atoms with Crippen molar-refractivity contribution < 1.29 is 4.79 Å². The number of rotatable bonds is 3. The normalized spacial score (nSPS) is 15.7. The summed E-state index contributed by atoms with van der Waals surface area (Å²) < 4.78 is 0. The summed E-state index contributed by atoms with van der Waals surface area (Å²) in [5, 5.41) is 4.44. The molecule has 0 radical (unpaired) electrons. The highest BCUT2D eigenvalue weighted by molar-refractivity contribution is 6.35. The van der Waals surface area contributed by atoms with E-state index in [1.165, 1.54) is 0 Å². The number of nitrogens with one attached hydrogen (secondary N) is 1. The molecule has 2 aromatic carbocycles. The lowest BCUT2D eigenvalue weighted by atomic mass is 10.1. The van der Waals surface area contributed by atoms with Crippen LogP contribution in [-0.2, 0) is 11.2 Å². The molecule has 2 aromatic rings. The quantitative estimate of drug-likeness (QED) is 0.783. The molecule has 3 rings (SSSR count). The van der Waals surface area contributed by atoms with Crippen molar-refractivity contribution in [3.63, 3.8) is 0 Å². The van der Waals surface area contributed by atoms with E-state index in [2.05, 4.69) is 10.3 Å². The first kappa shape index (κ1) is 16.1. The summed E-state index contributed by atoms with van der Waals surface area (Å²) in [4.78, 5) is 16.4. The largest absolute Gasteiger partial charge is 0.308 e. The van der Waals surface area contributed by atoms with E-state index in [0.717, 1.165) is 5.56 Å². The number of carbonyl (C=O) groups is 1. The molecule has 116 valence electrons. The number of benzene rings is 2. The van der Waals surface area contributed by atoms with Crippen LogP contribution in [0.1, 0.15) is 11.1 Å². The van der Waals surface area contributed by atoms with Gasteiger partial charge in [-0.05, 0) is 41.5 Å². The second-order valence-electron chi connectivity index (χ2n) is 5.01. The van der Waals surface area contributed by atoms with Gasteiger partial charge in [0.2, 0.25) is 0 Å². The van der Waals surface area contributed by atoms with Crippen LogP contribution in [0.3, 0.4) is 0 Å². The van der Waals surface area contributed by atoms with Crippen LogP contribution in [0.4, 0.5) is 0 Å². The van der Waals surface area contributed by atoms with Crippen molar-refractivity contribution >= 4 is 52.6 Å². The van der Waals surface area contributed by atoms with E-state index in [1.54, 1.807) is 36.4 Å². The molecule has 0 fully saturated rings. The van der Waals surface area contributed by atoms with Crippen molar-refractivity contribution in [1.82, 2.24) is 5.32 Å². The Morgan fingerprint density at radius 2 is 1.70 bits per heavy atom. The first-order chi connectivity index (χ1) is 11.0. The van der Waals surface area contributed by atoms with Crippen molar-refractivity contribution in [2.24, 2.45) is 4.99 Å². The second kappa shape index (κ2) is 6.75. The van der Waals surface area contributed by atoms with E-state index in [0.29, 0.717) is 38.6 Å². The Bertz CT molecular complexity index is 826. The summed E-state index contributed by atoms with van der Waals surface area (Å²) in [7, 11) is 0. The Balaban J connectivity index is 1.83. The van der Waals surface area contributed by atoms with Crippen molar-refractivity contribution in [1.29, 1.82) is 0 Å². The van der Waals surface area contributed by atoms with Gasteiger partial charge in [0.1, 0.15) is 11.5 Å². The van der Waals surface area contributed by atoms with E-state index < -0.39 is 0 Å². The third kappa shape index (κ3) is 3.94. The number of nitrogens with zero attached hydrogens (tertiary/aromatic N) is 1. The summed E-state index contributed by atoms with van der Waals surface area (Å²) >= 11 is 17.8. The first-order valence-electron chi connectivity index (χ1n) is 6.81. The van der Waals surface area contributed by atoms with Crippen molar-refractivity contribution in [2.45, 2.75) is 6.42 Å². The van der Waals surface area contributed by atoms with Gasteiger partial charge in [-0.15, -0.1) is 0 Å². The average Bonchev–Trinajstić information content (AvgIpc) is 2.84. The molecule has 23 heavy (non-hydrogen) atoms. The van der Waals surface area contributed by atoms with Gasteiger partial charge in [-0.2, -0.15) is 0 Å². The predicted octanol–water partition coefficient (Wildman–Crippen LogP) is 4.76. The molecule has 0 unspecified atom stereocenters. The van der Waals surface area contributed by atoms with Crippen LogP contribution in [0.25, 0.3) is 6.08 Å². The van der Waals surface area contributed by atoms with Gasteiger partial charge in [0.15, 0.2) is 0 Å². The molecule has 0 atom stereocenters. The molecule has 1 amide bonds. The van der Waals surface area contributed by atoms with E-state index >= 15 is 0 Å². The minimum absolute atomic E-state index is 0.250. The SMILES string of the molecule is O=C1NC(Cc2ccc(Cl)cc2)=N/C1=C\c1ccc(Cl)cc1Cl. The van der Waals surface area contributed by atoms with E-state index in [9.17, 15) is 4.79 Å². The second-order valence-corrected chi connectivity index (χ2v) is 6.29. The van der Waals surface area contributed by atoms with Crippen molar-refractivity contribution in [3.05, 3.63) is 74.4 Å².